The fraction of sp³-hybridized carbons (Fsp3) is 0.600. The molecule has 1 aromatic heterocycles. The predicted molar refractivity (Wildman–Crippen MR) is 54.5 cm³/mol. The summed E-state index contributed by atoms with van der Waals surface area (Å²) in [6.07, 6.45) is 5.17. The number of rotatable bonds is 5. The lowest BCUT2D eigenvalue weighted by Crippen LogP contribution is -2.06. The van der Waals surface area contributed by atoms with Crippen LogP contribution in [0.15, 0.2) is 12.3 Å². The number of aromatic nitrogens is 2. The van der Waals surface area contributed by atoms with Crippen LogP contribution < -0.4 is 10.1 Å². The Labute approximate surface area is 83.7 Å². The fourth-order valence-electron chi connectivity index (χ4n) is 1.11. The largest absolute Gasteiger partial charge is 0.478 e. The summed E-state index contributed by atoms with van der Waals surface area (Å²) in [6, 6.07) is 2.37. The van der Waals surface area contributed by atoms with Gasteiger partial charge in [0.1, 0.15) is 0 Å². The van der Waals surface area contributed by atoms with Crippen molar-refractivity contribution in [2.75, 3.05) is 11.9 Å². The Balaban J connectivity index is 1.94. The van der Waals surface area contributed by atoms with Gasteiger partial charge in [-0.1, -0.05) is 6.92 Å². The van der Waals surface area contributed by atoms with Gasteiger partial charge in [0.05, 0.1) is 6.61 Å². The maximum Gasteiger partial charge on any atom is 0.226 e. The van der Waals surface area contributed by atoms with Gasteiger partial charge in [-0.2, -0.15) is 4.98 Å². The third-order valence-electron chi connectivity index (χ3n) is 1.99. The number of anilines is 1. The van der Waals surface area contributed by atoms with E-state index in [-0.39, 0.29) is 0 Å². The van der Waals surface area contributed by atoms with E-state index in [4.69, 9.17) is 4.74 Å². The summed E-state index contributed by atoms with van der Waals surface area (Å²) < 4.78 is 5.41. The Morgan fingerprint density at radius 1 is 1.57 bits per heavy atom. The first-order valence-electron chi connectivity index (χ1n) is 5.11. The highest BCUT2D eigenvalue weighted by atomic mass is 16.5. The minimum absolute atomic E-state index is 0.580. The molecule has 1 fully saturated rings. The van der Waals surface area contributed by atoms with Crippen molar-refractivity contribution in [2.24, 2.45) is 0 Å². The Morgan fingerprint density at radius 3 is 3.14 bits per heavy atom. The molecule has 1 aliphatic carbocycles. The van der Waals surface area contributed by atoms with Crippen molar-refractivity contribution in [1.82, 2.24) is 9.97 Å². The van der Waals surface area contributed by atoms with E-state index >= 15 is 0 Å². The van der Waals surface area contributed by atoms with E-state index in [9.17, 15) is 0 Å². The number of hydrogen-bond acceptors (Lipinski definition) is 4. The second-order valence-corrected chi connectivity index (χ2v) is 3.49. The summed E-state index contributed by atoms with van der Waals surface area (Å²) in [6.45, 7) is 2.78. The molecule has 0 unspecified atom stereocenters. The molecule has 0 radical (unpaired) electrons. The molecular formula is C10H15N3O. The van der Waals surface area contributed by atoms with Gasteiger partial charge >= 0.3 is 0 Å². The quantitative estimate of drug-likeness (QED) is 0.775. The first-order chi connectivity index (χ1) is 6.88. The van der Waals surface area contributed by atoms with Crippen LogP contribution in [0.1, 0.15) is 26.2 Å². The van der Waals surface area contributed by atoms with E-state index in [1.54, 1.807) is 12.3 Å². The summed E-state index contributed by atoms with van der Waals surface area (Å²) in [7, 11) is 0. The molecule has 1 aromatic rings. The first-order valence-corrected chi connectivity index (χ1v) is 5.11. The molecule has 4 nitrogen and oxygen atoms in total. The van der Waals surface area contributed by atoms with E-state index in [1.165, 1.54) is 12.8 Å². The lowest BCUT2D eigenvalue weighted by molar-refractivity contribution is 0.305. The Bertz CT molecular complexity index is 299. The van der Waals surface area contributed by atoms with Crippen LogP contribution in [0.2, 0.25) is 0 Å². The molecule has 4 heteroatoms. The molecule has 0 spiro atoms. The van der Waals surface area contributed by atoms with Gasteiger partial charge < -0.3 is 10.1 Å². The molecule has 14 heavy (non-hydrogen) atoms. The lowest BCUT2D eigenvalue weighted by Gasteiger charge is -2.05. The summed E-state index contributed by atoms with van der Waals surface area (Å²) in [5.74, 6) is 1.34. The van der Waals surface area contributed by atoms with E-state index in [0.29, 0.717) is 24.5 Å². The van der Waals surface area contributed by atoms with Crippen molar-refractivity contribution >= 4 is 5.95 Å². The molecule has 2 rings (SSSR count). The molecule has 0 saturated heterocycles. The van der Waals surface area contributed by atoms with Crippen LogP contribution in [-0.2, 0) is 0 Å². The molecule has 0 bridgehead atoms. The molecule has 0 atom stereocenters. The second kappa shape index (κ2) is 4.26. The summed E-state index contributed by atoms with van der Waals surface area (Å²) in [4.78, 5) is 8.37. The van der Waals surface area contributed by atoms with Gasteiger partial charge in [-0.05, 0) is 19.3 Å². The zero-order chi connectivity index (χ0) is 9.80. The minimum Gasteiger partial charge on any atom is -0.478 e. The highest BCUT2D eigenvalue weighted by Gasteiger charge is 2.21. The molecule has 1 aliphatic rings. The third kappa shape index (κ3) is 2.58. The van der Waals surface area contributed by atoms with E-state index in [2.05, 4.69) is 22.2 Å². The van der Waals surface area contributed by atoms with Gasteiger partial charge in [0.2, 0.25) is 11.8 Å². The first kappa shape index (κ1) is 9.24. The van der Waals surface area contributed by atoms with Crippen molar-refractivity contribution in [3.05, 3.63) is 12.3 Å². The topological polar surface area (TPSA) is 47.0 Å². The van der Waals surface area contributed by atoms with Crippen molar-refractivity contribution in [2.45, 2.75) is 32.2 Å². The Kier molecular flexibility index (Phi) is 2.81. The van der Waals surface area contributed by atoms with Crippen molar-refractivity contribution in [3.63, 3.8) is 0 Å². The number of nitrogens with zero attached hydrogens (tertiary/aromatic N) is 2. The van der Waals surface area contributed by atoms with Crippen molar-refractivity contribution in [3.8, 4) is 5.88 Å². The zero-order valence-electron chi connectivity index (χ0n) is 8.36. The summed E-state index contributed by atoms with van der Waals surface area (Å²) >= 11 is 0. The average Bonchev–Trinajstić information content (AvgIpc) is 2.99. The van der Waals surface area contributed by atoms with Crippen LogP contribution in [-0.4, -0.2) is 22.6 Å². The van der Waals surface area contributed by atoms with Gasteiger partial charge in [-0.25, -0.2) is 4.98 Å². The van der Waals surface area contributed by atoms with Crippen LogP contribution in [0.3, 0.4) is 0 Å². The fourth-order valence-corrected chi connectivity index (χ4v) is 1.11. The monoisotopic (exact) mass is 193 g/mol. The maximum atomic E-state index is 5.41. The van der Waals surface area contributed by atoms with E-state index < -0.39 is 0 Å². The van der Waals surface area contributed by atoms with Crippen LogP contribution >= 0.6 is 0 Å². The molecule has 1 heterocycles. The van der Waals surface area contributed by atoms with Gasteiger partial charge in [-0.3, -0.25) is 0 Å². The standard InChI is InChI=1S/C10H15N3O/c1-2-7-14-9-5-6-11-10(13-9)12-8-3-4-8/h5-6,8H,2-4,7H2,1H3,(H,11,12,13). The SMILES string of the molecule is CCCOc1ccnc(NC2CC2)n1. The number of hydrogen-bond donors (Lipinski definition) is 1. The van der Waals surface area contributed by atoms with Crippen LogP contribution in [0.25, 0.3) is 0 Å². The van der Waals surface area contributed by atoms with E-state index in [1.807, 2.05) is 0 Å². The van der Waals surface area contributed by atoms with Crippen LogP contribution in [0.5, 0.6) is 5.88 Å². The molecule has 0 amide bonds. The van der Waals surface area contributed by atoms with Gasteiger partial charge in [0, 0.05) is 18.3 Å². The van der Waals surface area contributed by atoms with Crippen molar-refractivity contribution < 1.29 is 4.74 Å². The summed E-state index contributed by atoms with van der Waals surface area (Å²) in [5, 5.41) is 3.23. The Hall–Kier alpha value is -1.32. The van der Waals surface area contributed by atoms with Gasteiger partial charge in [-0.15, -0.1) is 0 Å². The molecule has 76 valence electrons. The highest BCUT2D eigenvalue weighted by Crippen LogP contribution is 2.23. The minimum atomic E-state index is 0.580. The number of ether oxygens (including phenoxy) is 1. The zero-order valence-corrected chi connectivity index (χ0v) is 8.36. The van der Waals surface area contributed by atoms with Crippen LogP contribution in [0.4, 0.5) is 5.95 Å². The second-order valence-electron chi connectivity index (χ2n) is 3.49. The normalized spacial score (nSPS) is 15.2. The van der Waals surface area contributed by atoms with E-state index in [0.717, 1.165) is 6.42 Å². The average molecular weight is 193 g/mol. The molecule has 0 aliphatic heterocycles. The smallest absolute Gasteiger partial charge is 0.226 e. The predicted octanol–water partition coefficient (Wildman–Crippen LogP) is 1.84. The third-order valence-corrected chi connectivity index (χ3v) is 1.99. The summed E-state index contributed by atoms with van der Waals surface area (Å²) in [5.41, 5.74) is 0. The highest BCUT2D eigenvalue weighted by molar-refractivity contribution is 5.30. The Morgan fingerprint density at radius 2 is 2.43 bits per heavy atom. The van der Waals surface area contributed by atoms with Gasteiger partial charge in [0.25, 0.3) is 0 Å². The number of nitrogens with one attached hydrogen (secondary N) is 1. The maximum absolute atomic E-state index is 5.41. The molecule has 1 N–H and O–H groups in total. The van der Waals surface area contributed by atoms with Crippen LogP contribution in [0, 0.1) is 0 Å². The van der Waals surface area contributed by atoms with Gasteiger partial charge in [0.15, 0.2) is 0 Å². The molecule has 0 aromatic carbocycles. The lowest BCUT2D eigenvalue weighted by atomic mass is 10.5. The van der Waals surface area contributed by atoms with Crippen molar-refractivity contribution in [1.29, 1.82) is 0 Å². The molecule has 1 saturated carbocycles. The molecular weight excluding hydrogens is 178 g/mol.